The lowest BCUT2D eigenvalue weighted by molar-refractivity contribution is -0.121. The van der Waals surface area contributed by atoms with E-state index in [4.69, 9.17) is 10.7 Å². The summed E-state index contributed by atoms with van der Waals surface area (Å²) in [4.78, 5) is 12.7. The van der Waals surface area contributed by atoms with Crippen LogP contribution in [0.2, 0.25) is 0 Å². The van der Waals surface area contributed by atoms with Crippen LogP contribution in [0.3, 0.4) is 0 Å². The van der Waals surface area contributed by atoms with Crippen molar-refractivity contribution in [1.29, 1.82) is 0 Å². The third-order valence-electron chi connectivity index (χ3n) is 3.55. The topological polar surface area (TPSA) is 63.2 Å². The van der Waals surface area contributed by atoms with Crippen LogP contribution in [0.4, 0.5) is 0 Å². The van der Waals surface area contributed by atoms with Crippen LogP contribution in [-0.2, 0) is 20.3 Å². The molecule has 1 unspecified atom stereocenters. The van der Waals surface area contributed by atoms with Gasteiger partial charge in [-0.05, 0) is 36.8 Å². The summed E-state index contributed by atoms with van der Waals surface area (Å²) in [6.45, 7) is 4.41. The lowest BCUT2D eigenvalue weighted by Gasteiger charge is -2.17. The van der Waals surface area contributed by atoms with Crippen LogP contribution in [0, 0.1) is 5.41 Å². The summed E-state index contributed by atoms with van der Waals surface area (Å²) >= 11 is 1.05. The van der Waals surface area contributed by atoms with Crippen LogP contribution in [0.1, 0.15) is 38.0 Å². The van der Waals surface area contributed by atoms with E-state index in [-0.39, 0.29) is 22.6 Å². The van der Waals surface area contributed by atoms with Gasteiger partial charge in [0.2, 0.25) is 5.91 Å². The molecule has 1 N–H and O–H groups in total. The number of nitrogens with one attached hydrogen (secondary N) is 1. The number of halogens is 1. The van der Waals surface area contributed by atoms with Crippen molar-refractivity contribution in [1.82, 2.24) is 5.32 Å². The summed E-state index contributed by atoms with van der Waals surface area (Å²) in [6.07, 6.45) is 3.31. The van der Waals surface area contributed by atoms with Crippen LogP contribution in [0.15, 0.2) is 16.3 Å². The minimum absolute atomic E-state index is 0.0620. The smallest absolute Gasteiger partial charge is 0.270 e. The van der Waals surface area contributed by atoms with Gasteiger partial charge in [0, 0.05) is 21.6 Å². The largest absolute Gasteiger partial charge is 0.353 e. The molecule has 20 heavy (non-hydrogen) atoms. The molecular formula is C13H18ClNO3S2. The zero-order valence-electron chi connectivity index (χ0n) is 11.5. The summed E-state index contributed by atoms with van der Waals surface area (Å²) in [6, 6.07) is 3.31. The average molecular weight is 336 g/mol. The predicted octanol–water partition coefficient (Wildman–Crippen LogP) is 2.91. The molecule has 112 valence electrons. The van der Waals surface area contributed by atoms with E-state index in [1.165, 1.54) is 6.07 Å². The maximum atomic E-state index is 12.0. The van der Waals surface area contributed by atoms with Crippen molar-refractivity contribution >= 4 is 37.0 Å². The fourth-order valence-corrected chi connectivity index (χ4v) is 4.70. The van der Waals surface area contributed by atoms with Gasteiger partial charge < -0.3 is 5.32 Å². The molecule has 1 aromatic rings. The molecular weight excluding hydrogens is 318 g/mol. The number of carbonyl (C=O) groups is 1. The molecule has 0 radical (unpaired) electrons. The van der Waals surface area contributed by atoms with Crippen molar-refractivity contribution in [2.75, 3.05) is 0 Å². The first-order valence-electron chi connectivity index (χ1n) is 6.48. The molecule has 1 aliphatic rings. The second kappa shape index (κ2) is 5.66. The van der Waals surface area contributed by atoms with Gasteiger partial charge in [0.15, 0.2) is 0 Å². The summed E-state index contributed by atoms with van der Waals surface area (Å²) in [5.41, 5.74) is 0.292. The van der Waals surface area contributed by atoms with Gasteiger partial charge in [-0.15, -0.1) is 11.3 Å². The van der Waals surface area contributed by atoms with Crippen LogP contribution in [0.5, 0.6) is 0 Å². The van der Waals surface area contributed by atoms with Gasteiger partial charge in [0.05, 0.1) is 6.42 Å². The van der Waals surface area contributed by atoms with E-state index < -0.39 is 9.05 Å². The molecule has 7 heteroatoms. The first-order chi connectivity index (χ1) is 9.16. The second-order valence-electron chi connectivity index (χ2n) is 6.01. The molecule has 0 aromatic carbocycles. The van der Waals surface area contributed by atoms with Crippen molar-refractivity contribution in [3.8, 4) is 0 Å². The molecule has 1 atom stereocenters. The minimum Gasteiger partial charge on any atom is -0.353 e. The molecule has 0 bridgehead atoms. The molecule has 1 aromatic heterocycles. The monoisotopic (exact) mass is 335 g/mol. The number of thiophene rings is 1. The summed E-state index contributed by atoms with van der Waals surface area (Å²) < 4.78 is 22.4. The Morgan fingerprint density at radius 3 is 2.70 bits per heavy atom. The third-order valence-corrected chi connectivity index (χ3v) is 6.72. The van der Waals surface area contributed by atoms with E-state index in [1.54, 1.807) is 6.07 Å². The predicted molar refractivity (Wildman–Crippen MR) is 80.6 cm³/mol. The lowest BCUT2D eigenvalue weighted by Crippen LogP contribution is -2.34. The molecule has 0 spiro atoms. The Kier molecular flexibility index (Phi) is 4.47. The quantitative estimate of drug-likeness (QED) is 0.860. The fourth-order valence-electron chi connectivity index (χ4n) is 2.58. The van der Waals surface area contributed by atoms with Gasteiger partial charge in [-0.1, -0.05) is 13.8 Å². The summed E-state index contributed by atoms with van der Waals surface area (Å²) in [7, 11) is 1.56. The van der Waals surface area contributed by atoms with Crippen molar-refractivity contribution < 1.29 is 13.2 Å². The Labute approximate surface area is 127 Å². The summed E-state index contributed by atoms with van der Waals surface area (Å²) in [5.74, 6) is -0.0620. The van der Waals surface area contributed by atoms with Crippen LogP contribution in [-0.4, -0.2) is 20.4 Å². The van der Waals surface area contributed by atoms with Gasteiger partial charge in [0.1, 0.15) is 4.21 Å². The number of hydrogen-bond acceptors (Lipinski definition) is 4. The standard InChI is InChI=1S/C13H18ClNO3S2/c1-13(2)6-5-9(8-13)15-11(16)7-10-3-4-12(19-10)20(14,17)18/h3-4,9H,5-8H2,1-2H3,(H,15,16). The number of rotatable bonds is 4. The van der Waals surface area contributed by atoms with Gasteiger partial charge in [-0.25, -0.2) is 8.42 Å². The van der Waals surface area contributed by atoms with Gasteiger partial charge >= 0.3 is 0 Å². The summed E-state index contributed by atoms with van der Waals surface area (Å²) in [5, 5.41) is 3.02. The minimum atomic E-state index is -3.70. The average Bonchev–Trinajstić information content (AvgIpc) is 2.84. The molecule has 1 saturated carbocycles. The van der Waals surface area contributed by atoms with E-state index in [1.807, 2.05) is 0 Å². The highest BCUT2D eigenvalue weighted by Gasteiger charge is 2.31. The highest BCUT2D eigenvalue weighted by atomic mass is 35.7. The maximum Gasteiger partial charge on any atom is 0.270 e. The highest BCUT2D eigenvalue weighted by Crippen LogP contribution is 2.37. The Hall–Kier alpha value is -0.590. The fraction of sp³-hybridized carbons (Fsp3) is 0.615. The highest BCUT2D eigenvalue weighted by molar-refractivity contribution is 8.15. The Morgan fingerprint density at radius 2 is 2.20 bits per heavy atom. The van der Waals surface area contributed by atoms with E-state index in [0.717, 1.165) is 30.6 Å². The Morgan fingerprint density at radius 1 is 1.50 bits per heavy atom. The maximum absolute atomic E-state index is 12.0. The molecule has 4 nitrogen and oxygen atoms in total. The van der Waals surface area contributed by atoms with Crippen molar-refractivity contribution in [2.24, 2.45) is 5.41 Å². The SMILES string of the molecule is CC1(C)CCC(NC(=O)Cc2ccc(S(=O)(=O)Cl)s2)C1. The second-order valence-corrected chi connectivity index (χ2v) is 9.97. The van der Waals surface area contributed by atoms with Gasteiger partial charge in [-0.3, -0.25) is 4.79 Å². The number of amides is 1. The normalized spacial score (nSPS) is 21.9. The lowest BCUT2D eigenvalue weighted by atomic mass is 9.92. The van der Waals surface area contributed by atoms with Crippen LogP contribution >= 0.6 is 22.0 Å². The first-order valence-corrected chi connectivity index (χ1v) is 9.61. The van der Waals surface area contributed by atoms with Crippen molar-refractivity contribution in [3.63, 3.8) is 0 Å². The zero-order chi connectivity index (χ0) is 15.0. The molecule has 1 heterocycles. The van der Waals surface area contributed by atoms with Crippen molar-refractivity contribution in [3.05, 3.63) is 17.0 Å². The van der Waals surface area contributed by atoms with E-state index >= 15 is 0 Å². The van der Waals surface area contributed by atoms with Gasteiger partial charge in [-0.2, -0.15) is 0 Å². The third kappa shape index (κ3) is 4.20. The molecule has 1 fully saturated rings. The Balaban J connectivity index is 1.91. The van der Waals surface area contributed by atoms with Gasteiger partial charge in [0.25, 0.3) is 9.05 Å². The Bertz CT molecular complexity index is 607. The molecule has 1 amide bonds. The molecule has 2 rings (SSSR count). The number of hydrogen-bond donors (Lipinski definition) is 1. The van der Waals surface area contributed by atoms with E-state index in [9.17, 15) is 13.2 Å². The first kappa shape index (κ1) is 15.8. The van der Waals surface area contributed by atoms with Crippen LogP contribution < -0.4 is 5.32 Å². The molecule has 0 aliphatic heterocycles. The van der Waals surface area contributed by atoms with Crippen molar-refractivity contribution in [2.45, 2.75) is 49.8 Å². The van der Waals surface area contributed by atoms with Crippen LogP contribution in [0.25, 0.3) is 0 Å². The molecule has 1 aliphatic carbocycles. The van der Waals surface area contributed by atoms with E-state index in [0.29, 0.717) is 10.3 Å². The number of carbonyl (C=O) groups excluding carboxylic acids is 1. The zero-order valence-corrected chi connectivity index (χ0v) is 13.9. The molecule has 0 saturated heterocycles. The van der Waals surface area contributed by atoms with E-state index in [2.05, 4.69) is 19.2 Å².